The Labute approximate surface area is 165 Å². The van der Waals surface area contributed by atoms with Gasteiger partial charge in [-0.3, -0.25) is 0 Å². The molecule has 5 heteroatoms. The molecule has 0 aliphatic rings. The van der Waals surface area contributed by atoms with Crippen LogP contribution in [-0.2, 0) is 14.1 Å². The van der Waals surface area contributed by atoms with Crippen molar-refractivity contribution >= 4 is 28.9 Å². The van der Waals surface area contributed by atoms with Crippen LogP contribution < -0.4 is 14.0 Å². The number of fused-ring (bicyclic) bond motifs is 1. The Morgan fingerprint density at radius 2 is 1.75 bits per heavy atom. The van der Waals surface area contributed by atoms with Gasteiger partial charge in [0.05, 0.1) is 0 Å². The number of aromatic amines is 1. The Balaban J connectivity index is 1.64. The number of nitrogens with zero attached hydrogens (tertiary/aromatic N) is 4. The predicted octanol–water partition coefficient (Wildman–Crippen LogP) is 3.12. The molecule has 1 N–H and O–H groups in total. The fourth-order valence-corrected chi connectivity index (χ4v) is 3.16. The van der Waals surface area contributed by atoms with Crippen LogP contribution in [0.25, 0.3) is 34.6 Å². The van der Waals surface area contributed by atoms with Crippen molar-refractivity contribution < 1.29 is 9.13 Å². The predicted molar refractivity (Wildman–Crippen MR) is 114 cm³/mol. The molecule has 3 aromatic heterocycles. The van der Waals surface area contributed by atoms with Gasteiger partial charge in [-0.05, 0) is 23.8 Å². The Kier molecular flexibility index (Phi) is 4.65. The number of hydrogen-bond donors (Lipinski definition) is 1. The number of aryl methyl sites for hydroxylation is 2. The zero-order chi connectivity index (χ0) is 19.7. The molecule has 4 rings (SSSR count). The molecule has 0 saturated heterocycles. The average molecular weight is 371 g/mol. The van der Waals surface area contributed by atoms with E-state index >= 15 is 0 Å². The number of benzene rings is 1. The lowest BCUT2D eigenvalue weighted by Gasteiger charge is -2.11. The minimum Gasteiger partial charge on any atom is -0.378 e. The van der Waals surface area contributed by atoms with Crippen molar-refractivity contribution in [1.82, 2.24) is 9.97 Å². The Bertz CT molecular complexity index is 1150. The highest BCUT2D eigenvalue weighted by molar-refractivity contribution is 5.78. The van der Waals surface area contributed by atoms with E-state index in [0.29, 0.717) is 0 Å². The van der Waals surface area contributed by atoms with Crippen LogP contribution in [0.3, 0.4) is 0 Å². The summed E-state index contributed by atoms with van der Waals surface area (Å²) in [5.74, 6) is 0.881. The first kappa shape index (κ1) is 17.9. The summed E-state index contributed by atoms with van der Waals surface area (Å²) in [6, 6.07) is 14.8. The van der Waals surface area contributed by atoms with E-state index in [-0.39, 0.29) is 0 Å². The average Bonchev–Trinajstić information content (AvgIpc) is 3.10. The van der Waals surface area contributed by atoms with Crippen LogP contribution in [0.4, 0.5) is 5.69 Å². The summed E-state index contributed by atoms with van der Waals surface area (Å²) in [6.07, 6.45) is 10.4. The lowest BCUT2D eigenvalue weighted by atomic mass is 10.1. The minimum absolute atomic E-state index is 0.881. The first-order chi connectivity index (χ1) is 13.5. The summed E-state index contributed by atoms with van der Waals surface area (Å²) in [6.45, 7) is 0. The van der Waals surface area contributed by atoms with Gasteiger partial charge < -0.3 is 9.88 Å². The number of imidazole rings is 1. The third-order valence-corrected chi connectivity index (χ3v) is 4.88. The Morgan fingerprint density at radius 1 is 0.964 bits per heavy atom. The maximum Gasteiger partial charge on any atom is 0.205 e. The second-order valence-corrected chi connectivity index (χ2v) is 7.27. The highest BCUT2D eigenvalue weighted by atomic mass is 15.1. The molecular formula is C23H25N5+2. The smallest absolute Gasteiger partial charge is 0.205 e. The number of H-pyrrole nitrogens is 1. The van der Waals surface area contributed by atoms with E-state index < -0.39 is 0 Å². The number of hydrogen-bond acceptors (Lipinski definition) is 2. The third-order valence-electron chi connectivity index (χ3n) is 4.88. The topological polar surface area (TPSA) is 39.7 Å². The molecule has 0 saturated carbocycles. The lowest BCUT2D eigenvalue weighted by Crippen LogP contribution is -2.30. The molecule has 0 bridgehead atoms. The quantitative estimate of drug-likeness (QED) is 0.560. The summed E-state index contributed by atoms with van der Waals surface area (Å²) in [5.41, 5.74) is 6.56. The SMILES string of the molecule is CN(C)c1ccc(/C=C/c2cc(-c3nc4cc[n+](C)cc4[nH]3)cc[n+]2C)cc1. The van der Waals surface area contributed by atoms with Gasteiger partial charge in [0.1, 0.15) is 31.0 Å². The van der Waals surface area contributed by atoms with E-state index in [1.807, 2.05) is 30.1 Å². The Hall–Kier alpha value is -3.47. The summed E-state index contributed by atoms with van der Waals surface area (Å²) >= 11 is 0. The van der Waals surface area contributed by atoms with E-state index in [4.69, 9.17) is 4.98 Å². The molecule has 0 unspecified atom stereocenters. The fraction of sp³-hybridized carbons (Fsp3) is 0.174. The monoisotopic (exact) mass is 371 g/mol. The Morgan fingerprint density at radius 3 is 2.50 bits per heavy atom. The van der Waals surface area contributed by atoms with E-state index in [9.17, 15) is 0 Å². The fourth-order valence-electron chi connectivity index (χ4n) is 3.16. The van der Waals surface area contributed by atoms with E-state index in [1.165, 1.54) is 11.3 Å². The molecular weight excluding hydrogens is 346 g/mol. The summed E-state index contributed by atoms with van der Waals surface area (Å²) < 4.78 is 4.13. The molecule has 1 aromatic carbocycles. The summed E-state index contributed by atoms with van der Waals surface area (Å²) in [5, 5.41) is 0. The van der Waals surface area contributed by atoms with Crippen molar-refractivity contribution in [2.45, 2.75) is 0 Å². The number of anilines is 1. The van der Waals surface area contributed by atoms with Crippen molar-refractivity contribution in [3.05, 3.63) is 72.3 Å². The van der Waals surface area contributed by atoms with Crippen LogP contribution in [0.2, 0.25) is 0 Å². The van der Waals surface area contributed by atoms with Crippen LogP contribution in [0, 0.1) is 0 Å². The van der Waals surface area contributed by atoms with Gasteiger partial charge >= 0.3 is 0 Å². The zero-order valence-corrected chi connectivity index (χ0v) is 16.7. The van der Waals surface area contributed by atoms with Gasteiger partial charge in [-0.15, -0.1) is 0 Å². The van der Waals surface area contributed by atoms with Gasteiger partial charge in [0.2, 0.25) is 5.69 Å². The largest absolute Gasteiger partial charge is 0.378 e. The number of aromatic nitrogens is 4. The van der Waals surface area contributed by atoms with Crippen molar-refractivity contribution in [3.63, 3.8) is 0 Å². The molecule has 0 aliphatic heterocycles. The molecule has 0 amide bonds. The van der Waals surface area contributed by atoms with Gasteiger partial charge in [0.25, 0.3) is 0 Å². The third kappa shape index (κ3) is 3.64. The molecule has 5 nitrogen and oxygen atoms in total. The van der Waals surface area contributed by atoms with Gasteiger partial charge in [0, 0.05) is 49.6 Å². The first-order valence-corrected chi connectivity index (χ1v) is 9.30. The van der Waals surface area contributed by atoms with Crippen LogP contribution in [0.1, 0.15) is 11.3 Å². The van der Waals surface area contributed by atoms with Crippen LogP contribution in [0.5, 0.6) is 0 Å². The van der Waals surface area contributed by atoms with Gasteiger partial charge in [-0.1, -0.05) is 12.1 Å². The van der Waals surface area contributed by atoms with Crippen LogP contribution in [-0.4, -0.2) is 24.1 Å². The molecule has 140 valence electrons. The van der Waals surface area contributed by atoms with E-state index in [1.54, 1.807) is 0 Å². The van der Waals surface area contributed by atoms with Crippen molar-refractivity contribution in [2.24, 2.45) is 14.1 Å². The number of nitrogens with one attached hydrogen (secondary N) is 1. The number of pyridine rings is 2. The molecule has 0 aliphatic carbocycles. The van der Waals surface area contributed by atoms with E-state index in [0.717, 1.165) is 28.1 Å². The highest BCUT2D eigenvalue weighted by Gasteiger charge is 2.11. The molecule has 0 spiro atoms. The molecule has 28 heavy (non-hydrogen) atoms. The summed E-state index contributed by atoms with van der Waals surface area (Å²) in [4.78, 5) is 10.3. The molecule has 0 radical (unpaired) electrons. The van der Waals surface area contributed by atoms with Gasteiger partial charge in [-0.2, -0.15) is 0 Å². The van der Waals surface area contributed by atoms with Crippen LogP contribution >= 0.6 is 0 Å². The van der Waals surface area contributed by atoms with Gasteiger partial charge in [0.15, 0.2) is 18.6 Å². The molecule has 0 fully saturated rings. The maximum atomic E-state index is 4.73. The first-order valence-electron chi connectivity index (χ1n) is 9.30. The summed E-state index contributed by atoms with van der Waals surface area (Å²) in [7, 11) is 8.16. The van der Waals surface area contributed by atoms with Gasteiger partial charge in [-0.25, -0.2) is 14.1 Å². The van der Waals surface area contributed by atoms with Crippen molar-refractivity contribution in [3.8, 4) is 11.4 Å². The van der Waals surface area contributed by atoms with Crippen molar-refractivity contribution in [2.75, 3.05) is 19.0 Å². The molecule has 4 aromatic rings. The lowest BCUT2D eigenvalue weighted by molar-refractivity contribution is -0.673. The zero-order valence-electron chi connectivity index (χ0n) is 16.7. The van der Waals surface area contributed by atoms with Crippen molar-refractivity contribution in [1.29, 1.82) is 0 Å². The van der Waals surface area contributed by atoms with E-state index in [2.05, 4.69) is 90.3 Å². The molecule has 3 heterocycles. The second kappa shape index (κ2) is 7.27. The number of rotatable bonds is 4. The normalized spacial score (nSPS) is 11.4. The van der Waals surface area contributed by atoms with Crippen LogP contribution in [0.15, 0.2) is 61.1 Å². The highest BCUT2D eigenvalue weighted by Crippen LogP contribution is 2.20. The minimum atomic E-state index is 0.881. The second-order valence-electron chi connectivity index (χ2n) is 7.27. The standard InChI is InChI=1S/C23H24N5/c1-26(2)19-8-5-17(6-9-19)7-10-20-15-18(11-14-28(20)4)23-24-21-12-13-27(3)16-22(21)25-23/h5-16H,1-4H3/q+1/p+1. The molecule has 0 atom stereocenters. The maximum absolute atomic E-state index is 4.73.